The molecule has 0 spiro atoms. The molecule has 0 aliphatic heterocycles. The molecule has 0 radical (unpaired) electrons. The number of carbonyl (C=O) groups is 2. The summed E-state index contributed by atoms with van der Waals surface area (Å²) in [6.45, 7) is 0. The van der Waals surface area contributed by atoms with Gasteiger partial charge in [0.15, 0.2) is 0 Å². The maximum Gasteiger partial charge on any atom is 0.339 e. The van der Waals surface area contributed by atoms with Crippen LogP contribution in [-0.2, 0) is 14.8 Å². The second kappa shape index (κ2) is 7.79. The summed E-state index contributed by atoms with van der Waals surface area (Å²) >= 11 is 5.94. The highest BCUT2D eigenvalue weighted by Gasteiger charge is 2.29. The predicted octanol–water partition coefficient (Wildman–Crippen LogP) is 2.30. The average molecular weight is 422 g/mol. The Morgan fingerprint density at radius 2 is 1.82 bits per heavy atom. The molecule has 11 heteroatoms. The van der Waals surface area contributed by atoms with Crippen molar-refractivity contribution in [1.29, 1.82) is 0 Å². The van der Waals surface area contributed by atoms with Crippen molar-refractivity contribution in [1.82, 2.24) is 14.9 Å². The highest BCUT2D eigenvalue weighted by molar-refractivity contribution is 7.90. The minimum atomic E-state index is -4.53. The summed E-state index contributed by atoms with van der Waals surface area (Å²) in [6, 6.07) is 12.4. The molecule has 1 aromatic heterocycles. The molecule has 0 atom stereocenters. The normalized spacial score (nSPS) is 11.1. The van der Waals surface area contributed by atoms with E-state index < -0.39 is 32.6 Å². The van der Waals surface area contributed by atoms with Gasteiger partial charge in [0.1, 0.15) is 4.90 Å². The molecular weight excluding hydrogens is 410 g/mol. The smallest absolute Gasteiger partial charge is 0.339 e. The number of carbonyl (C=O) groups excluding carboxylic acids is 2. The number of halogens is 1. The van der Waals surface area contributed by atoms with Crippen LogP contribution in [0.4, 0.5) is 0 Å². The molecule has 0 aliphatic rings. The highest BCUT2D eigenvalue weighted by Crippen LogP contribution is 2.26. The summed E-state index contributed by atoms with van der Waals surface area (Å²) in [5.74, 6) is -2.55. The van der Waals surface area contributed by atoms with Crippen LogP contribution in [0.2, 0.25) is 5.02 Å². The number of aromatic nitrogens is 2. The van der Waals surface area contributed by atoms with Gasteiger partial charge in [-0.2, -0.15) is 4.98 Å². The van der Waals surface area contributed by atoms with Crippen molar-refractivity contribution in [2.75, 3.05) is 7.11 Å². The van der Waals surface area contributed by atoms with Crippen LogP contribution < -0.4 is 4.72 Å². The number of hydrogen-bond donors (Lipinski definition) is 1. The first-order valence-electron chi connectivity index (χ1n) is 7.66. The third-order valence-electron chi connectivity index (χ3n) is 3.52. The Kier molecular flexibility index (Phi) is 5.43. The zero-order valence-corrected chi connectivity index (χ0v) is 15.8. The van der Waals surface area contributed by atoms with Gasteiger partial charge in [-0.25, -0.2) is 17.9 Å². The highest BCUT2D eigenvalue weighted by atomic mass is 35.5. The van der Waals surface area contributed by atoms with E-state index in [1.165, 1.54) is 18.2 Å². The molecule has 0 saturated carbocycles. The number of ether oxygens (including phenoxy) is 1. The van der Waals surface area contributed by atoms with Crippen molar-refractivity contribution < 1.29 is 27.3 Å². The molecule has 0 fully saturated rings. The molecule has 1 heterocycles. The molecule has 3 aromatic rings. The molecule has 0 unspecified atom stereocenters. The van der Waals surface area contributed by atoms with Crippen molar-refractivity contribution in [3.05, 3.63) is 64.9 Å². The van der Waals surface area contributed by atoms with E-state index in [1.54, 1.807) is 35.1 Å². The minimum absolute atomic E-state index is 0.0381. The third kappa shape index (κ3) is 3.87. The van der Waals surface area contributed by atoms with E-state index in [1.807, 2.05) is 0 Å². The van der Waals surface area contributed by atoms with Crippen molar-refractivity contribution in [2.45, 2.75) is 4.90 Å². The Morgan fingerprint density at radius 3 is 2.50 bits per heavy atom. The topological polar surface area (TPSA) is 128 Å². The maximum atomic E-state index is 12.6. The fraction of sp³-hybridized carbons (Fsp3) is 0.0588. The standard InChI is InChI=1S/C17H12ClN3O6S/c1-26-17(23)11-8-5-9-12(18)13(11)28(24,25)21-15(22)14-19-16(27-20-14)10-6-3-2-4-7-10/h2-9H,1H3,(H,21,22). The Balaban J connectivity index is 1.91. The van der Waals surface area contributed by atoms with Crippen LogP contribution in [0.1, 0.15) is 21.0 Å². The second-order valence-corrected chi connectivity index (χ2v) is 7.36. The molecule has 0 aliphatic carbocycles. The molecule has 9 nitrogen and oxygen atoms in total. The number of benzene rings is 2. The van der Waals surface area contributed by atoms with Gasteiger partial charge < -0.3 is 9.26 Å². The van der Waals surface area contributed by atoms with Crippen LogP contribution in [-0.4, -0.2) is 37.5 Å². The summed E-state index contributed by atoms with van der Waals surface area (Å²) in [7, 11) is -3.45. The lowest BCUT2D eigenvalue weighted by Crippen LogP contribution is -2.32. The predicted molar refractivity (Wildman–Crippen MR) is 97.2 cm³/mol. The molecule has 1 amide bonds. The number of esters is 1. The lowest BCUT2D eigenvalue weighted by atomic mass is 10.2. The van der Waals surface area contributed by atoms with Gasteiger partial charge in [-0.05, 0) is 24.3 Å². The lowest BCUT2D eigenvalue weighted by Gasteiger charge is -2.11. The van der Waals surface area contributed by atoms with Gasteiger partial charge in [0, 0.05) is 5.56 Å². The third-order valence-corrected chi connectivity index (χ3v) is 5.38. The monoisotopic (exact) mass is 421 g/mol. The summed E-state index contributed by atoms with van der Waals surface area (Å²) < 4.78 is 36.6. The number of amides is 1. The van der Waals surface area contributed by atoms with Gasteiger partial charge in [0.25, 0.3) is 21.7 Å². The number of sulfonamides is 1. The largest absolute Gasteiger partial charge is 0.465 e. The number of rotatable bonds is 5. The van der Waals surface area contributed by atoms with Crippen LogP contribution in [0.5, 0.6) is 0 Å². The summed E-state index contributed by atoms with van der Waals surface area (Å²) in [5.41, 5.74) is 0.226. The summed E-state index contributed by atoms with van der Waals surface area (Å²) in [5, 5.41) is 3.22. The van der Waals surface area contributed by atoms with E-state index in [-0.39, 0.29) is 16.5 Å². The summed E-state index contributed by atoms with van der Waals surface area (Å²) in [6.07, 6.45) is 0. The van der Waals surface area contributed by atoms with E-state index >= 15 is 0 Å². The Morgan fingerprint density at radius 1 is 1.11 bits per heavy atom. The van der Waals surface area contributed by atoms with Crippen LogP contribution in [0.25, 0.3) is 11.5 Å². The first kappa shape index (κ1) is 19.5. The SMILES string of the molecule is COC(=O)c1cccc(Cl)c1S(=O)(=O)NC(=O)c1noc(-c2ccccc2)n1. The lowest BCUT2D eigenvalue weighted by molar-refractivity contribution is 0.0596. The second-order valence-electron chi connectivity index (χ2n) is 5.33. The summed E-state index contributed by atoms with van der Waals surface area (Å²) in [4.78, 5) is 27.4. The van der Waals surface area contributed by atoms with Gasteiger partial charge in [-0.1, -0.05) is 41.0 Å². The van der Waals surface area contributed by atoms with Crippen LogP contribution in [0, 0.1) is 0 Å². The minimum Gasteiger partial charge on any atom is -0.465 e. The fourth-order valence-corrected chi connectivity index (χ4v) is 3.97. The number of nitrogens with one attached hydrogen (secondary N) is 1. The first-order chi connectivity index (χ1) is 13.3. The van der Waals surface area contributed by atoms with Gasteiger partial charge in [0.05, 0.1) is 17.7 Å². The van der Waals surface area contributed by atoms with Crippen molar-refractivity contribution in [2.24, 2.45) is 0 Å². The quantitative estimate of drug-likeness (QED) is 0.621. The van der Waals surface area contributed by atoms with Crippen molar-refractivity contribution in [3.63, 3.8) is 0 Å². The molecule has 0 bridgehead atoms. The Hall–Kier alpha value is -3.24. The number of hydrogen-bond acceptors (Lipinski definition) is 8. The van der Waals surface area contributed by atoms with Crippen LogP contribution >= 0.6 is 11.6 Å². The molecule has 3 rings (SSSR count). The maximum absolute atomic E-state index is 12.6. The zero-order valence-electron chi connectivity index (χ0n) is 14.2. The van der Waals surface area contributed by atoms with Gasteiger partial charge in [0.2, 0.25) is 0 Å². The molecule has 144 valence electrons. The molecular formula is C17H12ClN3O6S. The Labute approximate surface area is 164 Å². The van der Waals surface area contributed by atoms with Crippen LogP contribution in [0.3, 0.4) is 0 Å². The number of nitrogens with zero attached hydrogens (tertiary/aromatic N) is 2. The fourth-order valence-electron chi connectivity index (χ4n) is 2.29. The van der Waals surface area contributed by atoms with E-state index in [0.29, 0.717) is 5.56 Å². The molecule has 2 aromatic carbocycles. The zero-order chi connectivity index (χ0) is 20.3. The average Bonchev–Trinajstić information content (AvgIpc) is 3.17. The molecule has 0 saturated heterocycles. The van der Waals surface area contributed by atoms with Gasteiger partial charge in [-0.3, -0.25) is 4.79 Å². The van der Waals surface area contributed by atoms with Gasteiger partial charge >= 0.3 is 11.9 Å². The van der Waals surface area contributed by atoms with E-state index in [9.17, 15) is 18.0 Å². The van der Waals surface area contributed by atoms with Crippen molar-refractivity contribution in [3.8, 4) is 11.5 Å². The molecule has 1 N–H and O–H groups in total. The first-order valence-corrected chi connectivity index (χ1v) is 9.52. The number of methoxy groups -OCH3 is 1. The van der Waals surface area contributed by atoms with Crippen LogP contribution in [0.15, 0.2) is 57.9 Å². The van der Waals surface area contributed by atoms with E-state index in [4.69, 9.17) is 16.1 Å². The molecule has 28 heavy (non-hydrogen) atoms. The van der Waals surface area contributed by atoms with E-state index in [2.05, 4.69) is 14.9 Å². The van der Waals surface area contributed by atoms with Gasteiger partial charge in [-0.15, -0.1) is 0 Å². The van der Waals surface area contributed by atoms with E-state index in [0.717, 1.165) is 7.11 Å². The Bertz CT molecular complexity index is 1140. The van der Waals surface area contributed by atoms with Crippen molar-refractivity contribution >= 4 is 33.5 Å².